The smallest absolute Gasteiger partial charge is 0.270 e. The van der Waals surface area contributed by atoms with Crippen LogP contribution in [0.5, 0.6) is 0 Å². The molecule has 1 aliphatic carbocycles. The van der Waals surface area contributed by atoms with Crippen molar-refractivity contribution in [1.82, 2.24) is 10.3 Å². The van der Waals surface area contributed by atoms with Crippen LogP contribution in [0.25, 0.3) is 0 Å². The third-order valence-electron chi connectivity index (χ3n) is 3.49. The van der Waals surface area contributed by atoms with Crippen molar-refractivity contribution in [1.29, 1.82) is 5.26 Å². The summed E-state index contributed by atoms with van der Waals surface area (Å²) in [6, 6.07) is 5.19. The third-order valence-corrected chi connectivity index (χ3v) is 3.49. The van der Waals surface area contributed by atoms with Gasteiger partial charge in [-0.3, -0.25) is 4.79 Å². The third kappa shape index (κ3) is 2.28. The number of pyridine rings is 1. The van der Waals surface area contributed by atoms with Gasteiger partial charge in [-0.05, 0) is 37.8 Å². The number of rotatable bonds is 3. The minimum absolute atomic E-state index is 0.0212. The summed E-state index contributed by atoms with van der Waals surface area (Å²) < 4.78 is 0. The van der Waals surface area contributed by atoms with Gasteiger partial charge in [0.1, 0.15) is 11.8 Å². The molecule has 0 aromatic carbocycles. The van der Waals surface area contributed by atoms with Crippen LogP contribution in [0.1, 0.15) is 48.7 Å². The number of aromatic nitrogens is 1. The lowest BCUT2D eigenvalue weighted by Gasteiger charge is -2.41. The number of nitrogens with one attached hydrogen (secondary N) is 1. The molecule has 0 atom stereocenters. The van der Waals surface area contributed by atoms with E-state index in [0.29, 0.717) is 11.3 Å². The van der Waals surface area contributed by atoms with Crippen LogP contribution < -0.4 is 5.32 Å². The average Bonchev–Trinajstić information content (AvgIpc) is 2.33. The summed E-state index contributed by atoms with van der Waals surface area (Å²) in [4.78, 5) is 15.9. The fraction of sp³-hybridized carbons (Fsp3) is 0.462. The van der Waals surface area contributed by atoms with E-state index in [9.17, 15) is 4.79 Å². The van der Waals surface area contributed by atoms with Crippen molar-refractivity contribution >= 4 is 5.91 Å². The van der Waals surface area contributed by atoms with Crippen LogP contribution in [-0.4, -0.2) is 16.4 Å². The van der Waals surface area contributed by atoms with Gasteiger partial charge in [-0.2, -0.15) is 5.26 Å². The molecule has 88 valence electrons. The molecule has 1 aromatic heterocycles. The summed E-state index contributed by atoms with van der Waals surface area (Å²) >= 11 is 0. The number of carbonyl (C=O) groups is 1. The van der Waals surface area contributed by atoms with E-state index in [0.717, 1.165) is 19.3 Å². The second kappa shape index (κ2) is 4.54. The Morgan fingerprint density at radius 1 is 1.59 bits per heavy atom. The van der Waals surface area contributed by atoms with Gasteiger partial charge in [0.05, 0.1) is 5.56 Å². The highest BCUT2D eigenvalue weighted by Gasteiger charge is 2.36. The average molecular weight is 229 g/mol. The van der Waals surface area contributed by atoms with Crippen molar-refractivity contribution in [3.63, 3.8) is 0 Å². The van der Waals surface area contributed by atoms with Crippen molar-refractivity contribution in [2.45, 2.75) is 38.1 Å². The Kier molecular flexibility index (Phi) is 3.10. The number of carbonyl (C=O) groups excluding carboxylic acids is 1. The summed E-state index contributed by atoms with van der Waals surface area (Å²) in [5.74, 6) is -0.143. The van der Waals surface area contributed by atoms with Crippen LogP contribution in [0.2, 0.25) is 0 Å². The molecule has 1 heterocycles. The molecule has 0 radical (unpaired) electrons. The Morgan fingerprint density at radius 2 is 2.35 bits per heavy atom. The maximum atomic E-state index is 12.0. The second-order valence-electron chi connectivity index (χ2n) is 4.49. The molecule has 0 unspecified atom stereocenters. The Balaban J connectivity index is 2.07. The van der Waals surface area contributed by atoms with E-state index in [1.165, 1.54) is 12.6 Å². The fourth-order valence-corrected chi connectivity index (χ4v) is 2.07. The molecule has 1 saturated carbocycles. The molecule has 1 N–H and O–H groups in total. The van der Waals surface area contributed by atoms with Crippen molar-refractivity contribution in [2.24, 2.45) is 0 Å². The van der Waals surface area contributed by atoms with E-state index in [2.05, 4.69) is 17.2 Å². The normalized spacial score (nSPS) is 16.7. The molecule has 1 fully saturated rings. The van der Waals surface area contributed by atoms with Crippen LogP contribution >= 0.6 is 0 Å². The zero-order chi connectivity index (χ0) is 12.3. The van der Waals surface area contributed by atoms with E-state index >= 15 is 0 Å². The summed E-state index contributed by atoms with van der Waals surface area (Å²) in [7, 11) is 0. The number of hydrogen-bond acceptors (Lipinski definition) is 3. The molecule has 0 bridgehead atoms. The zero-order valence-electron chi connectivity index (χ0n) is 9.86. The van der Waals surface area contributed by atoms with Gasteiger partial charge in [-0.15, -0.1) is 0 Å². The molecular weight excluding hydrogens is 214 g/mol. The van der Waals surface area contributed by atoms with E-state index in [1.54, 1.807) is 12.1 Å². The Labute approximate surface area is 101 Å². The highest BCUT2D eigenvalue weighted by Crippen LogP contribution is 2.34. The van der Waals surface area contributed by atoms with Crippen molar-refractivity contribution in [3.05, 3.63) is 29.6 Å². The van der Waals surface area contributed by atoms with Crippen molar-refractivity contribution in [2.75, 3.05) is 0 Å². The molecule has 4 nitrogen and oxygen atoms in total. The number of nitrogens with zero attached hydrogens (tertiary/aromatic N) is 2. The Morgan fingerprint density at radius 3 is 2.76 bits per heavy atom. The minimum Gasteiger partial charge on any atom is -0.345 e. The first kappa shape index (κ1) is 11.6. The summed E-state index contributed by atoms with van der Waals surface area (Å²) in [5.41, 5.74) is 0.825. The lowest BCUT2D eigenvalue weighted by atomic mass is 9.75. The number of hydrogen-bond donors (Lipinski definition) is 1. The quantitative estimate of drug-likeness (QED) is 0.862. The molecule has 1 aliphatic rings. The fourth-order valence-electron chi connectivity index (χ4n) is 2.07. The molecule has 2 rings (SSSR count). The van der Waals surface area contributed by atoms with Gasteiger partial charge >= 0.3 is 0 Å². The largest absolute Gasteiger partial charge is 0.345 e. The lowest BCUT2D eigenvalue weighted by molar-refractivity contribution is 0.0815. The van der Waals surface area contributed by atoms with Gasteiger partial charge in [0, 0.05) is 11.7 Å². The van der Waals surface area contributed by atoms with Gasteiger partial charge in [0.2, 0.25) is 0 Å². The lowest BCUT2D eigenvalue weighted by Crippen LogP contribution is -2.53. The van der Waals surface area contributed by atoms with Gasteiger partial charge in [0.25, 0.3) is 5.91 Å². The predicted octanol–water partition coefficient (Wildman–Crippen LogP) is 2.02. The molecule has 1 aromatic rings. The topological polar surface area (TPSA) is 65.8 Å². The maximum absolute atomic E-state index is 12.0. The van der Waals surface area contributed by atoms with E-state index in [-0.39, 0.29) is 11.4 Å². The predicted molar refractivity (Wildman–Crippen MR) is 63.3 cm³/mol. The van der Waals surface area contributed by atoms with Gasteiger partial charge in [0.15, 0.2) is 0 Å². The molecule has 0 saturated heterocycles. The van der Waals surface area contributed by atoms with Crippen LogP contribution in [0.15, 0.2) is 18.3 Å². The summed E-state index contributed by atoms with van der Waals surface area (Å²) in [6.45, 7) is 2.09. The number of amides is 1. The highest BCUT2D eigenvalue weighted by molar-refractivity contribution is 5.92. The van der Waals surface area contributed by atoms with Crippen LogP contribution in [0.4, 0.5) is 0 Å². The summed E-state index contributed by atoms with van der Waals surface area (Å²) in [5, 5.41) is 11.7. The molecule has 0 aliphatic heterocycles. The first-order chi connectivity index (χ1) is 8.19. The van der Waals surface area contributed by atoms with Gasteiger partial charge in [-0.25, -0.2) is 4.98 Å². The monoisotopic (exact) mass is 229 g/mol. The minimum atomic E-state index is -0.143. The SMILES string of the molecule is CCC1(NC(=O)c2ccc(C#N)cn2)CCC1. The molecule has 1 amide bonds. The van der Waals surface area contributed by atoms with Crippen molar-refractivity contribution in [3.8, 4) is 6.07 Å². The van der Waals surface area contributed by atoms with Gasteiger partial charge < -0.3 is 5.32 Å². The van der Waals surface area contributed by atoms with Crippen molar-refractivity contribution < 1.29 is 4.79 Å². The van der Waals surface area contributed by atoms with Crippen LogP contribution in [-0.2, 0) is 0 Å². The Hall–Kier alpha value is -1.89. The first-order valence-electron chi connectivity index (χ1n) is 5.88. The van der Waals surface area contributed by atoms with E-state index in [1.807, 2.05) is 6.07 Å². The molecule has 0 spiro atoms. The maximum Gasteiger partial charge on any atom is 0.270 e. The zero-order valence-corrected chi connectivity index (χ0v) is 9.86. The van der Waals surface area contributed by atoms with Gasteiger partial charge in [-0.1, -0.05) is 6.92 Å². The van der Waals surface area contributed by atoms with E-state index < -0.39 is 0 Å². The number of nitriles is 1. The van der Waals surface area contributed by atoms with Crippen LogP contribution in [0, 0.1) is 11.3 Å². The van der Waals surface area contributed by atoms with Crippen LogP contribution in [0.3, 0.4) is 0 Å². The highest BCUT2D eigenvalue weighted by atomic mass is 16.2. The van der Waals surface area contributed by atoms with E-state index in [4.69, 9.17) is 5.26 Å². The standard InChI is InChI=1S/C13H15N3O/c1-2-13(6-3-7-13)16-12(17)11-5-4-10(8-14)9-15-11/h4-5,9H,2-3,6-7H2,1H3,(H,16,17). The Bertz CT molecular complexity index is 449. The second-order valence-corrected chi connectivity index (χ2v) is 4.49. The molecule has 17 heavy (non-hydrogen) atoms. The molecular formula is C13H15N3O. The first-order valence-corrected chi connectivity index (χ1v) is 5.88. The molecule has 4 heteroatoms. The summed E-state index contributed by atoms with van der Waals surface area (Å²) in [6.07, 6.45) is 5.65.